The Morgan fingerprint density at radius 1 is 1.44 bits per heavy atom. The Balaban J connectivity index is 2.17. The summed E-state index contributed by atoms with van der Waals surface area (Å²) in [6.07, 6.45) is 0.817. The van der Waals surface area contributed by atoms with Gasteiger partial charge in [0.15, 0.2) is 5.82 Å². The standard InChI is InChI=1S/C10H14N4OS/c1-6(2)3-8-13-10(15-14-8)7-5-16-9(4-11)12-7/h5-6H,3-4,11H2,1-2H3. The summed E-state index contributed by atoms with van der Waals surface area (Å²) in [7, 11) is 0. The molecule has 0 aromatic carbocycles. The molecule has 0 spiro atoms. The van der Waals surface area contributed by atoms with Gasteiger partial charge in [0, 0.05) is 18.3 Å². The normalized spacial score (nSPS) is 11.2. The number of rotatable bonds is 4. The molecule has 2 heterocycles. The lowest BCUT2D eigenvalue weighted by atomic mass is 10.1. The van der Waals surface area contributed by atoms with Crippen LogP contribution in [-0.4, -0.2) is 15.1 Å². The molecule has 5 nitrogen and oxygen atoms in total. The van der Waals surface area contributed by atoms with Crippen molar-refractivity contribution >= 4 is 11.3 Å². The first-order chi connectivity index (χ1) is 7.69. The fourth-order valence-electron chi connectivity index (χ4n) is 1.31. The second-order valence-electron chi connectivity index (χ2n) is 3.94. The van der Waals surface area contributed by atoms with Crippen molar-refractivity contribution in [3.05, 3.63) is 16.2 Å². The van der Waals surface area contributed by atoms with Crippen molar-refractivity contribution in [3.8, 4) is 11.6 Å². The molecule has 0 aliphatic carbocycles. The third-order valence-electron chi connectivity index (χ3n) is 2.00. The van der Waals surface area contributed by atoms with Crippen molar-refractivity contribution in [2.45, 2.75) is 26.8 Å². The highest BCUT2D eigenvalue weighted by Gasteiger charge is 2.12. The monoisotopic (exact) mass is 238 g/mol. The van der Waals surface area contributed by atoms with Crippen molar-refractivity contribution in [3.63, 3.8) is 0 Å². The number of aromatic nitrogens is 3. The largest absolute Gasteiger partial charge is 0.332 e. The van der Waals surface area contributed by atoms with E-state index in [1.807, 2.05) is 5.38 Å². The molecule has 0 atom stereocenters. The van der Waals surface area contributed by atoms with E-state index in [9.17, 15) is 0 Å². The number of thiazole rings is 1. The van der Waals surface area contributed by atoms with Gasteiger partial charge in [-0.05, 0) is 5.92 Å². The van der Waals surface area contributed by atoms with Gasteiger partial charge in [-0.3, -0.25) is 0 Å². The van der Waals surface area contributed by atoms with Crippen molar-refractivity contribution in [1.29, 1.82) is 0 Å². The van der Waals surface area contributed by atoms with E-state index in [-0.39, 0.29) is 0 Å². The average molecular weight is 238 g/mol. The molecule has 6 heteroatoms. The summed E-state index contributed by atoms with van der Waals surface area (Å²) in [6.45, 7) is 4.68. The maximum absolute atomic E-state index is 5.49. The third-order valence-corrected chi connectivity index (χ3v) is 2.88. The molecule has 16 heavy (non-hydrogen) atoms. The summed E-state index contributed by atoms with van der Waals surface area (Å²) >= 11 is 1.50. The minimum Gasteiger partial charge on any atom is -0.332 e. The maximum Gasteiger partial charge on any atom is 0.277 e. The van der Waals surface area contributed by atoms with Gasteiger partial charge in [-0.1, -0.05) is 19.0 Å². The molecule has 0 radical (unpaired) electrons. The molecule has 0 unspecified atom stereocenters. The van der Waals surface area contributed by atoms with Gasteiger partial charge in [0.05, 0.1) is 0 Å². The Bertz CT molecular complexity index is 463. The van der Waals surface area contributed by atoms with Gasteiger partial charge in [-0.15, -0.1) is 11.3 Å². The molecule has 0 saturated carbocycles. The van der Waals surface area contributed by atoms with E-state index in [0.717, 1.165) is 17.3 Å². The van der Waals surface area contributed by atoms with Gasteiger partial charge in [-0.2, -0.15) is 4.98 Å². The molecule has 86 valence electrons. The van der Waals surface area contributed by atoms with E-state index in [4.69, 9.17) is 10.3 Å². The molecule has 0 bridgehead atoms. The predicted octanol–water partition coefficient (Wildman–Crippen LogP) is 1.85. The molecule has 0 fully saturated rings. The fourth-order valence-corrected chi connectivity index (χ4v) is 1.96. The highest BCUT2D eigenvalue weighted by molar-refractivity contribution is 7.09. The van der Waals surface area contributed by atoms with Crippen LogP contribution >= 0.6 is 11.3 Å². The lowest BCUT2D eigenvalue weighted by molar-refractivity contribution is 0.417. The van der Waals surface area contributed by atoms with Crippen molar-refractivity contribution in [1.82, 2.24) is 15.1 Å². The second-order valence-corrected chi connectivity index (χ2v) is 4.89. The SMILES string of the molecule is CC(C)Cc1noc(-c2csc(CN)n2)n1. The number of hydrogen-bond donors (Lipinski definition) is 1. The first kappa shape index (κ1) is 11.2. The van der Waals surface area contributed by atoms with Crippen molar-refractivity contribution in [2.75, 3.05) is 0 Å². The van der Waals surface area contributed by atoms with Gasteiger partial charge in [-0.25, -0.2) is 4.98 Å². The Kier molecular flexibility index (Phi) is 3.31. The minimum atomic E-state index is 0.442. The lowest BCUT2D eigenvalue weighted by Crippen LogP contribution is -1.96. The van der Waals surface area contributed by atoms with Gasteiger partial charge in [0.1, 0.15) is 10.7 Å². The van der Waals surface area contributed by atoms with Gasteiger partial charge in [0.2, 0.25) is 0 Å². The van der Waals surface area contributed by atoms with Crippen LogP contribution in [0.3, 0.4) is 0 Å². The van der Waals surface area contributed by atoms with Crippen molar-refractivity contribution < 1.29 is 4.52 Å². The second kappa shape index (κ2) is 4.71. The van der Waals surface area contributed by atoms with E-state index in [0.29, 0.717) is 24.0 Å². The lowest BCUT2D eigenvalue weighted by Gasteiger charge is -1.95. The van der Waals surface area contributed by atoms with E-state index in [1.54, 1.807) is 0 Å². The molecule has 2 aromatic heterocycles. The molecule has 0 saturated heterocycles. The maximum atomic E-state index is 5.49. The molecule has 2 N–H and O–H groups in total. The first-order valence-corrected chi connectivity index (χ1v) is 6.04. The van der Waals surface area contributed by atoms with Crippen LogP contribution in [0.4, 0.5) is 0 Å². The van der Waals surface area contributed by atoms with Crippen LogP contribution < -0.4 is 5.73 Å². The first-order valence-electron chi connectivity index (χ1n) is 5.16. The molecule has 0 aliphatic heterocycles. The van der Waals surface area contributed by atoms with E-state index >= 15 is 0 Å². The molecule has 0 aliphatic rings. The van der Waals surface area contributed by atoms with Crippen LogP contribution in [0.5, 0.6) is 0 Å². The molecular formula is C10H14N4OS. The van der Waals surface area contributed by atoms with Gasteiger partial charge < -0.3 is 10.3 Å². The van der Waals surface area contributed by atoms with Crippen LogP contribution in [0.15, 0.2) is 9.90 Å². The van der Waals surface area contributed by atoms with Crippen LogP contribution in [0, 0.1) is 5.92 Å². The highest BCUT2D eigenvalue weighted by atomic mass is 32.1. The average Bonchev–Trinajstić information content (AvgIpc) is 2.83. The van der Waals surface area contributed by atoms with Crippen LogP contribution in [-0.2, 0) is 13.0 Å². The van der Waals surface area contributed by atoms with Crippen molar-refractivity contribution in [2.24, 2.45) is 11.7 Å². The third kappa shape index (κ3) is 2.45. The van der Waals surface area contributed by atoms with Crippen LogP contribution in [0.1, 0.15) is 24.7 Å². The fraction of sp³-hybridized carbons (Fsp3) is 0.500. The molecule has 2 rings (SSSR count). The summed E-state index contributed by atoms with van der Waals surface area (Å²) in [4.78, 5) is 8.58. The van der Waals surface area contributed by atoms with Gasteiger partial charge in [0.25, 0.3) is 5.89 Å². The highest BCUT2D eigenvalue weighted by Crippen LogP contribution is 2.20. The summed E-state index contributed by atoms with van der Waals surface area (Å²) < 4.78 is 5.15. The molecule has 0 amide bonds. The predicted molar refractivity (Wildman–Crippen MR) is 61.8 cm³/mol. The zero-order valence-electron chi connectivity index (χ0n) is 9.30. The molecule has 2 aromatic rings. The Morgan fingerprint density at radius 2 is 2.25 bits per heavy atom. The molecular weight excluding hydrogens is 224 g/mol. The summed E-state index contributed by atoms with van der Waals surface area (Å²) in [5.74, 6) is 1.72. The van der Waals surface area contributed by atoms with Crippen LogP contribution in [0.25, 0.3) is 11.6 Å². The number of nitrogens with zero attached hydrogens (tertiary/aromatic N) is 3. The Labute approximate surface area is 97.7 Å². The van der Waals surface area contributed by atoms with E-state index < -0.39 is 0 Å². The quantitative estimate of drug-likeness (QED) is 0.879. The number of nitrogens with two attached hydrogens (primary N) is 1. The zero-order valence-corrected chi connectivity index (χ0v) is 10.1. The zero-order chi connectivity index (χ0) is 11.5. The number of hydrogen-bond acceptors (Lipinski definition) is 6. The summed E-state index contributed by atoms with van der Waals surface area (Å²) in [5.41, 5.74) is 6.21. The topological polar surface area (TPSA) is 77.8 Å². The van der Waals surface area contributed by atoms with Gasteiger partial charge >= 0.3 is 0 Å². The smallest absolute Gasteiger partial charge is 0.277 e. The summed E-state index contributed by atoms with van der Waals surface area (Å²) in [6, 6.07) is 0. The van der Waals surface area contributed by atoms with Crippen LogP contribution in [0.2, 0.25) is 0 Å². The minimum absolute atomic E-state index is 0.442. The summed E-state index contributed by atoms with van der Waals surface area (Å²) in [5, 5.41) is 6.67. The Hall–Kier alpha value is -1.27. The van der Waals surface area contributed by atoms with E-state index in [2.05, 4.69) is 29.0 Å². The Morgan fingerprint density at radius 3 is 2.88 bits per heavy atom. The van der Waals surface area contributed by atoms with E-state index in [1.165, 1.54) is 11.3 Å².